The number of nitrogens with zero attached hydrogens (tertiary/aromatic N) is 1. The lowest BCUT2D eigenvalue weighted by molar-refractivity contribution is -0.121. The Bertz CT molecular complexity index is 1110. The first-order chi connectivity index (χ1) is 16.2. The van der Waals surface area contributed by atoms with E-state index in [9.17, 15) is 4.79 Å². The number of amides is 1. The summed E-state index contributed by atoms with van der Waals surface area (Å²) in [5, 5.41) is 4.31. The van der Waals surface area contributed by atoms with Gasteiger partial charge >= 0.3 is 0 Å². The molecule has 5 rings (SSSR count). The molecule has 0 aliphatic carbocycles. The van der Waals surface area contributed by atoms with Crippen LogP contribution in [0.5, 0.6) is 11.5 Å². The highest BCUT2D eigenvalue weighted by Crippen LogP contribution is 2.39. The number of ether oxygens (including phenoxy) is 2. The summed E-state index contributed by atoms with van der Waals surface area (Å²) in [7, 11) is 0. The van der Waals surface area contributed by atoms with Gasteiger partial charge in [0.05, 0.1) is 0 Å². The largest absolute Gasteiger partial charge is 0.454 e. The number of H-pyrrole nitrogens is 1. The number of fused-ring (bicyclic) bond motifs is 2. The molecule has 3 aromatic rings. The summed E-state index contributed by atoms with van der Waals surface area (Å²) in [6.45, 7) is 5.50. The van der Waals surface area contributed by atoms with Gasteiger partial charge < -0.3 is 24.7 Å². The summed E-state index contributed by atoms with van der Waals surface area (Å²) < 4.78 is 11.1. The molecular weight excluding hydrogens is 414 g/mol. The van der Waals surface area contributed by atoms with Crippen LogP contribution >= 0.6 is 0 Å². The topological polar surface area (TPSA) is 66.6 Å². The molecule has 6 nitrogen and oxygen atoms in total. The zero-order valence-corrected chi connectivity index (χ0v) is 19.3. The number of aromatic nitrogens is 1. The highest BCUT2D eigenvalue weighted by molar-refractivity contribution is 5.86. The fourth-order valence-corrected chi connectivity index (χ4v) is 5.18. The van der Waals surface area contributed by atoms with Gasteiger partial charge in [-0.3, -0.25) is 4.79 Å². The molecule has 0 saturated carbocycles. The Hall–Kier alpha value is -2.99. The van der Waals surface area contributed by atoms with Crippen molar-refractivity contribution < 1.29 is 14.3 Å². The number of likely N-dealkylation sites (tertiary alicyclic amines) is 1. The molecule has 2 atom stereocenters. The number of nitrogens with one attached hydrogen (secondary N) is 2. The number of hydrogen-bond acceptors (Lipinski definition) is 4. The Morgan fingerprint density at radius 2 is 2.06 bits per heavy atom. The average molecular weight is 448 g/mol. The second kappa shape index (κ2) is 9.87. The Morgan fingerprint density at radius 3 is 2.97 bits per heavy atom. The average Bonchev–Trinajstić information content (AvgIpc) is 3.48. The van der Waals surface area contributed by atoms with Crippen molar-refractivity contribution in [2.75, 3.05) is 26.4 Å². The van der Waals surface area contributed by atoms with Crippen LogP contribution in [0.4, 0.5) is 0 Å². The molecule has 2 aromatic carbocycles. The Labute approximate surface area is 195 Å². The summed E-state index contributed by atoms with van der Waals surface area (Å²) in [6, 6.07) is 14.9. The lowest BCUT2D eigenvalue weighted by Crippen LogP contribution is -2.39. The molecule has 2 N–H and O–H groups in total. The molecule has 6 heteroatoms. The van der Waals surface area contributed by atoms with E-state index in [0.29, 0.717) is 19.0 Å². The van der Waals surface area contributed by atoms with E-state index < -0.39 is 0 Å². The van der Waals surface area contributed by atoms with Crippen molar-refractivity contribution in [2.45, 2.75) is 51.0 Å². The van der Waals surface area contributed by atoms with Crippen LogP contribution < -0.4 is 14.8 Å². The third-order valence-corrected chi connectivity index (χ3v) is 7.07. The maximum absolute atomic E-state index is 13.0. The van der Waals surface area contributed by atoms with Crippen LogP contribution in [0.15, 0.2) is 48.7 Å². The van der Waals surface area contributed by atoms with E-state index in [1.54, 1.807) is 0 Å². The van der Waals surface area contributed by atoms with Crippen molar-refractivity contribution in [3.05, 3.63) is 59.8 Å². The van der Waals surface area contributed by atoms with Crippen molar-refractivity contribution in [3.63, 3.8) is 0 Å². The zero-order chi connectivity index (χ0) is 22.6. The van der Waals surface area contributed by atoms with E-state index >= 15 is 0 Å². The van der Waals surface area contributed by atoms with Gasteiger partial charge in [0.1, 0.15) is 0 Å². The number of carbonyl (C=O) groups excluding carboxylic acids is 1. The second-order valence-corrected chi connectivity index (χ2v) is 9.24. The molecule has 0 spiro atoms. The van der Waals surface area contributed by atoms with Crippen LogP contribution in [-0.4, -0.2) is 48.3 Å². The van der Waals surface area contributed by atoms with Crippen LogP contribution in [0.3, 0.4) is 0 Å². The van der Waals surface area contributed by atoms with E-state index in [1.807, 2.05) is 36.5 Å². The summed E-state index contributed by atoms with van der Waals surface area (Å²) in [4.78, 5) is 18.9. The first kappa shape index (κ1) is 21.8. The number of rotatable bonds is 8. The summed E-state index contributed by atoms with van der Waals surface area (Å²) in [5.74, 6) is 1.51. The van der Waals surface area contributed by atoms with Crippen LogP contribution in [0.25, 0.3) is 10.9 Å². The van der Waals surface area contributed by atoms with Crippen LogP contribution in [0.1, 0.15) is 56.1 Å². The van der Waals surface area contributed by atoms with Crippen LogP contribution in [0.2, 0.25) is 0 Å². The maximum Gasteiger partial charge on any atom is 0.231 e. The molecule has 33 heavy (non-hydrogen) atoms. The van der Waals surface area contributed by atoms with Gasteiger partial charge in [0.15, 0.2) is 11.5 Å². The van der Waals surface area contributed by atoms with E-state index in [0.717, 1.165) is 46.5 Å². The Balaban J connectivity index is 1.28. The normalized spacial score (nSPS) is 19.0. The third-order valence-electron chi connectivity index (χ3n) is 7.07. The first-order valence-corrected chi connectivity index (χ1v) is 12.2. The van der Waals surface area contributed by atoms with Gasteiger partial charge in [-0.05, 0) is 62.1 Å². The number of carbonyl (C=O) groups is 1. The van der Waals surface area contributed by atoms with Crippen molar-refractivity contribution in [1.82, 2.24) is 15.2 Å². The van der Waals surface area contributed by atoms with Gasteiger partial charge in [0, 0.05) is 48.6 Å². The number of aromatic amines is 1. The van der Waals surface area contributed by atoms with Gasteiger partial charge in [-0.2, -0.15) is 0 Å². The minimum atomic E-state index is -0.0715. The molecular formula is C27H33N3O3. The fourth-order valence-electron chi connectivity index (χ4n) is 5.18. The van der Waals surface area contributed by atoms with Gasteiger partial charge in [-0.1, -0.05) is 30.7 Å². The fraction of sp³-hybridized carbons (Fsp3) is 0.444. The van der Waals surface area contributed by atoms with Crippen LogP contribution in [0, 0.1) is 0 Å². The minimum absolute atomic E-state index is 0.0715. The lowest BCUT2D eigenvalue weighted by atomic mass is 9.87. The Kier molecular flexibility index (Phi) is 6.53. The van der Waals surface area contributed by atoms with Crippen molar-refractivity contribution in [2.24, 2.45) is 0 Å². The SMILES string of the molecule is CC1CCCCN1CCCNC(=O)CC(c1ccc2c(c1)OCO2)c1c[nH]c2ccccc12. The molecule has 1 saturated heterocycles. The van der Waals surface area contributed by atoms with E-state index in [4.69, 9.17) is 9.47 Å². The van der Waals surface area contributed by atoms with Gasteiger partial charge in [-0.25, -0.2) is 0 Å². The number of piperidine rings is 1. The molecule has 0 bridgehead atoms. The van der Waals surface area contributed by atoms with Crippen molar-refractivity contribution in [3.8, 4) is 11.5 Å². The second-order valence-electron chi connectivity index (χ2n) is 9.24. The van der Waals surface area contributed by atoms with Gasteiger partial charge in [0.2, 0.25) is 12.7 Å². The number of benzene rings is 2. The molecule has 3 heterocycles. The number of para-hydroxylation sites is 1. The predicted molar refractivity (Wildman–Crippen MR) is 130 cm³/mol. The monoisotopic (exact) mass is 447 g/mol. The summed E-state index contributed by atoms with van der Waals surface area (Å²) in [5.41, 5.74) is 3.26. The third kappa shape index (κ3) is 4.86. The highest BCUT2D eigenvalue weighted by Gasteiger charge is 2.24. The number of hydrogen-bond donors (Lipinski definition) is 2. The Morgan fingerprint density at radius 1 is 1.18 bits per heavy atom. The van der Waals surface area contributed by atoms with Crippen LogP contribution in [-0.2, 0) is 4.79 Å². The smallest absolute Gasteiger partial charge is 0.231 e. The molecule has 0 radical (unpaired) electrons. The molecule has 1 amide bonds. The molecule has 2 aliphatic rings. The molecule has 174 valence electrons. The minimum Gasteiger partial charge on any atom is -0.454 e. The summed E-state index contributed by atoms with van der Waals surface area (Å²) >= 11 is 0. The quantitative estimate of drug-likeness (QED) is 0.487. The van der Waals surface area contributed by atoms with Crippen molar-refractivity contribution >= 4 is 16.8 Å². The predicted octanol–water partition coefficient (Wildman–Crippen LogP) is 4.80. The van der Waals surface area contributed by atoms with Crippen molar-refractivity contribution in [1.29, 1.82) is 0 Å². The molecule has 2 unspecified atom stereocenters. The lowest BCUT2D eigenvalue weighted by Gasteiger charge is -2.33. The molecule has 1 aromatic heterocycles. The van der Waals surface area contributed by atoms with E-state index in [2.05, 4.69) is 34.3 Å². The highest BCUT2D eigenvalue weighted by atomic mass is 16.7. The van der Waals surface area contributed by atoms with Gasteiger partial charge in [0.25, 0.3) is 0 Å². The first-order valence-electron chi connectivity index (χ1n) is 12.2. The molecule has 1 fully saturated rings. The zero-order valence-electron chi connectivity index (χ0n) is 19.3. The summed E-state index contributed by atoms with van der Waals surface area (Å²) in [6.07, 6.45) is 7.32. The molecule has 2 aliphatic heterocycles. The van der Waals surface area contributed by atoms with E-state index in [-0.39, 0.29) is 18.6 Å². The standard InChI is InChI=1S/C27H33N3O3/c1-19-7-4-5-13-30(19)14-6-12-28-27(31)16-22(20-10-11-25-26(15-20)33-18-32-25)23-17-29-24-9-3-2-8-21(23)24/h2-3,8-11,15,17,19,22,29H,4-7,12-14,16,18H2,1H3,(H,28,31). The van der Waals surface area contributed by atoms with E-state index in [1.165, 1.54) is 25.8 Å². The maximum atomic E-state index is 13.0. The van der Waals surface area contributed by atoms with Gasteiger partial charge in [-0.15, -0.1) is 0 Å².